The number of hydrogen-bond acceptors (Lipinski definition) is 6. The molecule has 4 atom stereocenters. The molecule has 0 aromatic heterocycles. The Kier molecular flexibility index (Phi) is 5.97. The van der Waals surface area contributed by atoms with Crippen molar-refractivity contribution in [3.63, 3.8) is 0 Å². The Morgan fingerprint density at radius 3 is 2.17 bits per heavy atom. The number of nitriles is 1. The van der Waals surface area contributed by atoms with Crippen LogP contribution in [0.15, 0.2) is 24.3 Å². The third-order valence-electron chi connectivity index (χ3n) is 5.55. The lowest BCUT2D eigenvalue weighted by Gasteiger charge is -2.23. The molecule has 1 aromatic carbocycles. The van der Waals surface area contributed by atoms with E-state index in [-0.39, 0.29) is 23.7 Å². The minimum atomic E-state index is -1.12. The van der Waals surface area contributed by atoms with Crippen molar-refractivity contribution in [3.05, 3.63) is 29.8 Å². The SMILES string of the molecule is C[C@@H](OC(=O)[C@H](C)N1C(=O)[C@H]2CCCC[C@@H]2C1=O)C(=O)Nc1ccc(C#N)cc1. The van der Waals surface area contributed by atoms with Gasteiger partial charge in [-0.25, -0.2) is 4.79 Å². The number of carbonyl (C=O) groups excluding carboxylic acids is 4. The number of fused-ring (bicyclic) bond motifs is 1. The fraction of sp³-hybridized carbons (Fsp3) is 0.476. The van der Waals surface area contributed by atoms with Crippen LogP contribution in [0, 0.1) is 23.2 Å². The summed E-state index contributed by atoms with van der Waals surface area (Å²) in [5.41, 5.74) is 0.913. The zero-order valence-corrected chi connectivity index (χ0v) is 16.4. The molecule has 8 heteroatoms. The van der Waals surface area contributed by atoms with Gasteiger partial charge in [0.1, 0.15) is 6.04 Å². The van der Waals surface area contributed by atoms with E-state index in [0.29, 0.717) is 24.1 Å². The van der Waals surface area contributed by atoms with E-state index in [4.69, 9.17) is 10.00 Å². The quantitative estimate of drug-likeness (QED) is 0.600. The maximum atomic E-state index is 12.6. The molecule has 0 spiro atoms. The van der Waals surface area contributed by atoms with Gasteiger partial charge in [-0.05, 0) is 51.0 Å². The van der Waals surface area contributed by atoms with E-state index in [1.165, 1.54) is 13.8 Å². The van der Waals surface area contributed by atoms with Gasteiger partial charge in [0, 0.05) is 5.69 Å². The maximum absolute atomic E-state index is 12.6. The van der Waals surface area contributed by atoms with E-state index in [1.807, 2.05) is 6.07 Å². The highest BCUT2D eigenvalue weighted by Gasteiger charge is 2.51. The molecule has 29 heavy (non-hydrogen) atoms. The molecule has 0 radical (unpaired) electrons. The van der Waals surface area contributed by atoms with Gasteiger partial charge < -0.3 is 10.1 Å². The number of imide groups is 1. The molecule has 1 heterocycles. The van der Waals surface area contributed by atoms with E-state index in [2.05, 4.69) is 5.32 Å². The van der Waals surface area contributed by atoms with Gasteiger partial charge in [0.05, 0.1) is 23.5 Å². The Hall–Kier alpha value is -3.21. The summed E-state index contributed by atoms with van der Waals surface area (Å²) in [4.78, 5) is 51.0. The highest BCUT2D eigenvalue weighted by Crippen LogP contribution is 2.38. The van der Waals surface area contributed by atoms with Crippen LogP contribution in [0.4, 0.5) is 5.69 Å². The number of esters is 1. The second-order valence-electron chi connectivity index (χ2n) is 7.48. The first-order chi connectivity index (χ1) is 13.8. The van der Waals surface area contributed by atoms with Crippen LogP contribution < -0.4 is 5.32 Å². The number of ether oxygens (including phenoxy) is 1. The van der Waals surface area contributed by atoms with Gasteiger partial charge in [-0.15, -0.1) is 0 Å². The molecule has 0 unspecified atom stereocenters. The number of nitrogens with zero attached hydrogens (tertiary/aromatic N) is 2. The van der Waals surface area contributed by atoms with Gasteiger partial charge in [-0.1, -0.05) is 12.8 Å². The van der Waals surface area contributed by atoms with Crippen LogP contribution in [0.1, 0.15) is 45.1 Å². The number of likely N-dealkylation sites (tertiary alicyclic amines) is 1. The number of anilines is 1. The second-order valence-corrected chi connectivity index (χ2v) is 7.48. The topological polar surface area (TPSA) is 117 Å². The van der Waals surface area contributed by atoms with Gasteiger partial charge >= 0.3 is 5.97 Å². The monoisotopic (exact) mass is 397 g/mol. The largest absolute Gasteiger partial charge is 0.451 e. The predicted molar refractivity (Wildman–Crippen MR) is 102 cm³/mol. The summed E-state index contributed by atoms with van der Waals surface area (Å²) in [5.74, 6) is -2.68. The molecule has 1 saturated carbocycles. The normalized spacial score (nSPS) is 23.0. The van der Waals surface area contributed by atoms with Crippen molar-refractivity contribution in [2.24, 2.45) is 11.8 Å². The van der Waals surface area contributed by atoms with E-state index < -0.39 is 24.0 Å². The van der Waals surface area contributed by atoms with Crippen molar-refractivity contribution in [1.29, 1.82) is 5.26 Å². The minimum Gasteiger partial charge on any atom is -0.451 e. The molecule has 1 aliphatic heterocycles. The molecule has 1 aromatic rings. The molecular weight excluding hydrogens is 374 g/mol. The molecule has 1 aliphatic carbocycles. The van der Waals surface area contributed by atoms with Crippen molar-refractivity contribution < 1.29 is 23.9 Å². The van der Waals surface area contributed by atoms with Crippen molar-refractivity contribution in [1.82, 2.24) is 4.90 Å². The van der Waals surface area contributed by atoms with Crippen molar-refractivity contribution in [2.45, 2.75) is 51.7 Å². The van der Waals surface area contributed by atoms with Crippen molar-refractivity contribution in [3.8, 4) is 6.07 Å². The molecule has 1 N–H and O–H groups in total. The van der Waals surface area contributed by atoms with E-state index in [9.17, 15) is 19.2 Å². The second kappa shape index (κ2) is 8.43. The molecule has 1 saturated heterocycles. The first kappa shape index (κ1) is 20.5. The van der Waals surface area contributed by atoms with Crippen LogP contribution in [-0.2, 0) is 23.9 Å². The van der Waals surface area contributed by atoms with E-state index in [1.54, 1.807) is 24.3 Å². The Bertz CT molecular complexity index is 849. The molecule has 2 aliphatic rings. The Morgan fingerprint density at radius 2 is 1.66 bits per heavy atom. The molecule has 152 valence electrons. The van der Waals surface area contributed by atoms with Gasteiger partial charge in [0.25, 0.3) is 5.91 Å². The molecule has 3 rings (SSSR count). The van der Waals surface area contributed by atoms with Crippen molar-refractivity contribution >= 4 is 29.4 Å². The summed E-state index contributed by atoms with van der Waals surface area (Å²) in [6, 6.07) is 7.14. The number of carbonyl (C=O) groups is 4. The maximum Gasteiger partial charge on any atom is 0.329 e. The van der Waals surface area contributed by atoms with Crippen LogP contribution in [0.5, 0.6) is 0 Å². The Labute approximate surface area is 168 Å². The summed E-state index contributed by atoms with van der Waals surface area (Å²) >= 11 is 0. The fourth-order valence-electron chi connectivity index (χ4n) is 3.87. The van der Waals surface area contributed by atoms with Crippen molar-refractivity contribution in [2.75, 3.05) is 5.32 Å². The average Bonchev–Trinajstić information content (AvgIpc) is 2.98. The zero-order valence-electron chi connectivity index (χ0n) is 16.4. The number of rotatable bonds is 5. The highest BCUT2D eigenvalue weighted by molar-refractivity contribution is 6.08. The number of hydrogen-bond donors (Lipinski definition) is 1. The predicted octanol–water partition coefficient (Wildman–Crippen LogP) is 1.99. The Balaban J connectivity index is 1.59. The first-order valence-corrected chi connectivity index (χ1v) is 9.72. The first-order valence-electron chi connectivity index (χ1n) is 9.72. The summed E-state index contributed by atoms with van der Waals surface area (Å²) in [6.07, 6.45) is 2.02. The third-order valence-corrected chi connectivity index (χ3v) is 5.55. The third kappa shape index (κ3) is 4.14. The summed E-state index contributed by atoms with van der Waals surface area (Å²) in [6.45, 7) is 2.86. The van der Waals surface area contributed by atoms with Gasteiger partial charge in [-0.2, -0.15) is 5.26 Å². The fourth-order valence-corrected chi connectivity index (χ4v) is 3.87. The standard InChI is InChI=1S/C21H23N3O5/c1-12(24-19(26)16-5-3-4-6-17(16)20(24)27)21(28)29-13(2)18(25)23-15-9-7-14(11-22)8-10-15/h7-10,12-13,16-17H,3-6H2,1-2H3,(H,23,25)/t12-,13+,16-,17-/m0/s1. The van der Waals surface area contributed by atoms with Crippen LogP contribution in [0.25, 0.3) is 0 Å². The highest BCUT2D eigenvalue weighted by atomic mass is 16.5. The molecule has 3 amide bonds. The lowest BCUT2D eigenvalue weighted by molar-refractivity contribution is -0.163. The summed E-state index contributed by atoms with van der Waals surface area (Å²) in [5, 5.41) is 11.4. The van der Waals surface area contributed by atoms with Crippen LogP contribution in [-0.4, -0.2) is 40.7 Å². The van der Waals surface area contributed by atoms with Crippen LogP contribution in [0.3, 0.4) is 0 Å². The zero-order chi connectivity index (χ0) is 21.1. The van der Waals surface area contributed by atoms with Crippen LogP contribution >= 0.6 is 0 Å². The lowest BCUT2D eigenvalue weighted by atomic mass is 9.81. The minimum absolute atomic E-state index is 0.321. The average molecular weight is 397 g/mol. The summed E-state index contributed by atoms with van der Waals surface area (Å²) in [7, 11) is 0. The molecule has 8 nitrogen and oxygen atoms in total. The lowest BCUT2D eigenvalue weighted by Crippen LogP contribution is -2.46. The van der Waals surface area contributed by atoms with E-state index in [0.717, 1.165) is 17.7 Å². The number of amides is 3. The number of benzene rings is 1. The van der Waals surface area contributed by atoms with Gasteiger partial charge in [-0.3, -0.25) is 19.3 Å². The van der Waals surface area contributed by atoms with Crippen LogP contribution in [0.2, 0.25) is 0 Å². The molecular formula is C21H23N3O5. The van der Waals surface area contributed by atoms with Gasteiger partial charge in [0.2, 0.25) is 11.8 Å². The smallest absolute Gasteiger partial charge is 0.329 e. The summed E-state index contributed by atoms with van der Waals surface area (Å²) < 4.78 is 5.20. The Morgan fingerprint density at radius 1 is 1.10 bits per heavy atom. The van der Waals surface area contributed by atoms with Gasteiger partial charge in [0.15, 0.2) is 6.10 Å². The number of nitrogens with one attached hydrogen (secondary N) is 1. The molecule has 0 bridgehead atoms. The van der Waals surface area contributed by atoms with E-state index >= 15 is 0 Å². The molecule has 2 fully saturated rings.